The van der Waals surface area contributed by atoms with Crippen molar-refractivity contribution in [2.75, 3.05) is 26.0 Å². The summed E-state index contributed by atoms with van der Waals surface area (Å²) in [5.74, 6) is 1.65. The van der Waals surface area contributed by atoms with Crippen molar-refractivity contribution >= 4 is 47.5 Å². The highest BCUT2D eigenvalue weighted by Crippen LogP contribution is 2.17. The molecule has 25 heavy (non-hydrogen) atoms. The maximum absolute atomic E-state index is 6.06. The predicted molar refractivity (Wildman–Crippen MR) is 116 cm³/mol. The molecular weight excluding hydrogens is 451 g/mol. The molecule has 0 radical (unpaired) electrons. The van der Waals surface area contributed by atoms with Gasteiger partial charge >= 0.3 is 0 Å². The van der Waals surface area contributed by atoms with Gasteiger partial charge in [0.15, 0.2) is 5.96 Å². The molecule has 2 aromatic rings. The molecule has 138 valence electrons. The number of nitrogens with zero attached hydrogens (tertiary/aromatic N) is 4. The zero-order valence-electron chi connectivity index (χ0n) is 15.2. The second-order valence-corrected chi connectivity index (χ2v) is 6.29. The number of imidazole rings is 1. The summed E-state index contributed by atoms with van der Waals surface area (Å²) in [7, 11) is 7.72. The smallest absolute Gasteiger partial charge is 0.204 e. The zero-order chi connectivity index (χ0) is 17.7. The molecule has 0 spiro atoms. The summed E-state index contributed by atoms with van der Waals surface area (Å²) in [5, 5.41) is 7.42. The number of benzene rings is 1. The lowest BCUT2D eigenvalue weighted by Crippen LogP contribution is -2.38. The molecule has 0 fully saturated rings. The van der Waals surface area contributed by atoms with Gasteiger partial charge in [-0.3, -0.25) is 4.99 Å². The van der Waals surface area contributed by atoms with Gasteiger partial charge in [0.2, 0.25) is 5.95 Å². The number of hydrogen-bond donors (Lipinski definition) is 2. The van der Waals surface area contributed by atoms with Crippen LogP contribution < -0.4 is 15.5 Å². The van der Waals surface area contributed by atoms with Crippen LogP contribution in [0.15, 0.2) is 35.5 Å². The molecule has 2 rings (SSSR count). The number of aliphatic imine (C=N–C) groups is 1. The first-order valence-electron chi connectivity index (χ1n) is 7.83. The van der Waals surface area contributed by atoms with Crippen LogP contribution in [0.3, 0.4) is 0 Å². The van der Waals surface area contributed by atoms with Crippen molar-refractivity contribution in [1.29, 1.82) is 0 Å². The van der Waals surface area contributed by atoms with E-state index >= 15 is 0 Å². The van der Waals surface area contributed by atoms with Crippen LogP contribution in [-0.2, 0) is 13.6 Å². The maximum Gasteiger partial charge on any atom is 0.204 e. The third-order valence-corrected chi connectivity index (χ3v) is 4.06. The van der Waals surface area contributed by atoms with Gasteiger partial charge in [0.1, 0.15) is 0 Å². The summed E-state index contributed by atoms with van der Waals surface area (Å²) in [6.45, 7) is 2.71. The van der Waals surface area contributed by atoms with Crippen molar-refractivity contribution in [2.45, 2.75) is 19.5 Å². The van der Waals surface area contributed by atoms with Crippen LogP contribution in [-0.4, -0.2) is 36.7 Å². The predicted octanol–water partition coefficient (Wildman–Crippen LogP) is 3.18. The fraction of sp³-hybridized carbons (Fsp3) is 0.412. The van der Waals surface area contributed by atoms with Crippen LogP contribution in [0.1, 0.15) is 24.2 Å². The van der Waals surface area contributed by atoms with E-state index < -0.39 is 0 Å². The van der Waals surface area contributed by atoms with Crippen LogP contribution in [0, 0.1) is 0 Å². The Morgan fingerprint density at radius 3 is 2.68 bits per heavy atom. The number of nitrogens with one attached hydrogen (secondary N) is 2. The van der Waals surface area contributed by atoms with Crippen molar-refractivity contribution in [3.8, 4) is 0 Å². The lowest BCUT2D eigenvalue weighted by atomic mass is 10.1. The molecule has 6 nitrogen and oxygen atoms in total. The van der Waals surface area contributed by atoms with Crippen LogP contribution >= 0.6 is 35.6 Å². The summed E-state index contributed by atoms with van der Waals surface area (Å²) >= 11 is 6.06. The van der Waals surface area contributed by atoms with Gasteiger partial charge in [0, 0.05) is 33.2 Å². The molecule has 0 saturated carbocycles. The minimum atomic E-state index is 0. The average Bonchev–Trinajstić information content (AvgIpc) is 2.92. The van der Waals surface area contributed by atoms with E-state index in [9.17, 15) is 0 Å². The number of rotatable bonds is 5. The lowest BCUT2D eigenvalue weighted by molar-refractivity contribution is 0.676. The van der Waals surface area contributed by atoms with Crippen molar-refractivity contribution in [1.82, 2.24) is 20.2 Å². The molecule has 0 bridgehead atoms. The molecule has 0 aliphatic heterocycles. The van der Waals surface area contributed by atoms with Gasteiger partial charge in [-0.2, -0.15) is 0 Å². The Morgan fingerprint density at radius 1 is 1.40 bits per heavy atom. The maximum atomic E-state index is 6.06. The molecular formula is C17H26ClIN6. The first kappa shape index (κ1) is 21.6. The lowest BCUT2D eigenvalue weighted by Gasteiger charge is -2.19. The molecule has 8 heteroatoms. The quantitative estimate of drug-likeness (QED) is 0.395. The molecule has 1 atom stereocenters. The minimum Gasteiger partial charge on any atom is -0.351 e. The van der Waals surface area contributed by atoms with E-state index in [0.717, 1.165) is 28.2 Å². The summed E-state index contributed by atoms with van der Waals surface area (Å²) in [6.07, 6.45) is 1.87. The van der Waals surface area contributed by atoms with Crippen molar-refractivity contribution < 1.29 is 0 Å². The van der Waals surface area contributed by atoms with Gasteiger partial charge in [0.25, 0.3) is 0 Å². The SMILES string of the molecule is CN=C(NCc1cnc(N(C)C)n1C)NC(C)c1cccc(Cl)c1.I. The van der Waals surface area contributed by atoms with Crippen LogP contribution in [0.2, 0.25) is 5.02 Å². The van der Waals surface area contributed by atoms with E-state index in [-0.39, 0.29) is 30.0 Å². The molecule has 1 unspecified atom stereocenters. The van der Waals surface area contributed by atoms with Crippen molar-refractivity contribution in [2.24, 2.45) is 12.0 Å². The van der Waals surface area contributed by atoms with Crippen molar-refractivity contribution in [3.63, 3.8) is 0 Å². The van der Waals surface area contributed by atoms with Crippen molar-refractivity contribution in [3.05, 3.63) is 46.7 Å². The molecule has 0 amide bonds. The summed E-state index contributed by atoms with van der Waals surface area (Å²) in [6, 6.07) is 7.91. The normalized spacial score (nSPS) is 12.3. The third-order valence-electron chi connectivity index (χ3n) is 3.82. The van der Waals surface area contributed by atoms with E-state index in [4.69, 9.17) is 11.6 Å². The Morgan fingerprint density at radius 2 is 2.12 bits per heavy atom. The number of anilines is 1. The molecule has 1 aromatic carbocycles. The zero-order valence-corrected chi connectivity index (χ0v) is 18.3. The van der Waals surface area contributed by atoms with E-state index in [2.05, 4.69) is 32.1 Å². The topological polar surface area (TPSA) is 57.5 Å². The average molecular weight is 477 g/mol. The highest BCUT2D eigenvalue weighted by atomic mass is 127. The van der Waals surface area contributed by atoms with Gasteiger partial charge < -0.3 is 20.1 Å². The van der Waals surface area contributed by atoms with Crippen LogP contribution in [0.25, 0.3) is 0 Å². The van der Waals surface area contributed by atoms with Gasteiger partial charge in [-0.25, -0.2) is 4.98 Å². The van der Waals surface area contributed by atoms with E-state index in [0.29, 0.717) is 6.54 Å². The Kier molecular flexibility index (Phi) is 8.51. The Balaban J connectivity index is 0.00000312. The van der Waals surface area contributed by atoms with Gasteiger partial charge in [-0.15, -0.1) is 24.0 Å². The number of halogens is 2. The second-order valence-electron chi connectivity index (χ2n) is 5.85. The molecule has 1 aromatic heterocycles. The first-order chi connectivity index (χ1) is 11.4. The van der Waals surface area contributed by atoms with Gasteiger partial charge in [-0.05, 0) is 24.6 Å². The first-order valence-corrected chi connectivity index (χ1v) is 8.20. The Bertz CT molecular complexity index is 713. The highest BCUT2D eigenvalue weighted by Gasteiger charge is 2.11. The molecule has 0 aliphatic rings. The van der Waals surface area contributed by atoms with Crippen LogP contribution in [0.5, 0.6) is 0 Å². The van der Waals surface area contributed by atoms with Gasteiger partial charge in [-0.1, -0.05) is 23.7 Å². The number of aromatic nitrogens is 2. The Labute approximate surface area is 171 Å². The molecule has 0 saturated heterocycles. The van der Waals surface area contributed by atoms with E-state index in [1.165, 1.54) is 0 Å². The minimum absolute atomic E-state index is 0. The molecule has 2 N–H and O–H groups in total. The third kappa shape index (κ3) is 5.78. The van der Waals surface area contributed by atoms with E-state index in [1.54, 1.807) is 7.05 Å². The van der Waals surface area contributed by atoms with Gasteiger partial charge in [0.05, 0.1) is 24.5 Å². The second kappa shape index (κ2) is 9.86. The molecule has 0 aliphatic carbocycles. The van der Waals surface area contributed by atoms with Crippen LogP contribution in [0.4, 0.5) is 5.95 Å². The molecule has 1 heterocycles. The van der Waals surface area contributed by atoms with E-state index in [1.807, 2.05) is 56.5 Å². The summed E-state index contributed by atoms with van der Waals surface area (Å²) < 4.78 is 2.06. The standard InChI is InChI=1S/C17H25ClN6.HI/c1-12(13-7-6-8-14(18)9-13)22-16(19-2)20-10-15-11-21-17(23(3)4)24(15)5;/h6-9,11-12H,10H2,1-5H3,(H2,19,20,22);1H. The largest absolute Gasteiger partial charge is 0.351 e. The summed E-state index contributed by atoms with van der Waals surface area (Å²) in [5.41, 5.74) is 2.19. The fourth-order valence-electron chi connectivity index (χ4n) is 2.45. The monoisotopic (exact) mass is 476 g/mol. The number of hydrogen-bond acceptors (Lipinski definition) is 3. The number of guanidine groups is 1. The highest BCUT2D eigenvalue weighted by molar-refractivity contribution is 14.0. The Hall–Kier alpha value is -1.48. The summed E-state index contributed by atoms with van der Waals surface area (Å²) in [4.78, 5) is 10.7. The fourth-order valence-corrected chi connectivity index (χ4v) is 2.65.